The lowest BCUT2D eigenvalue weighted by atomic mass is 9.89. The lowest BCUT2D eigenvalue weighted by molar-refractivity contribution is -0.132. The molecule has 0 radical (unpaired) electrons. The van der Waals surface area contributed by atoms with Crippen LogP contribution in [-0.2, 0) is 16.0 Å². The monoisotopic (exact) mass is 371 g/mol. The number of ether oxygens (including phenoxy) is 1. The number of carbonyl (C=O) groups excluding carboxylic acids is 2. The van der Waals surface area contributed by atoms with Gasteiger partial charge in [-0.3, -0.25) is 4.79 Å². The number of hydrazone groups is 1. The van der Waals surface area contributed by atoms with E-state index in [9.17, 15) is 9.59 Å². The molecule has 1 atom stereocenters. The maximum absolute atomic E-state index is 12.6. The Labute approximate surface area is 150 Å². The maximum Gasteiger partial charge on any atom is 0.404 e. The summed E-state index contributed by atoms with van der Waals surface area (Å²) in [6, 6.07) is 5.23. The number of hydrogen-bond acceptors (Lipinski definition) is 4. The molecule has 24 heavy (non-hydrogen) atoms. The van der Waals surface area contributed by atoms with Crippen LogP contribution in [0.4, 0.5) is 4.79 Å². The molecule has 1 aromatic carbocycles. The van der Waals surface area contributed by atoms with Gasteiger partial charge in [-0.1, -0.05) is 37.0 Å². The van der Waals surface area contributed by atoms with Crippen molar-refractivity contribution in [2.24, 2.45) is 22.7 Å². The number of primary amides is 1. The third kappa shape index (κ3) is 4.61. The molecule has 1 unspecified atom stereocenters. The van der Waals surface area contributed by atoms with E-state index in [0.29, 0.717) is 16.5 Å². The molecule has 0 aromatic heterocycles. The molecule has 1 aromatic rings. The first-order chi connectivity index (χ1) is 11.3. The van der Waals surface area contributed by atoms with Gasteiger partial charge >= 0.3 is 6.09 Å². The Hall–Kier alpha value is -1.79. The van der Waals surface area contributed by atoms with Crippen molar-refractivity contribution >= 4 is 40.9 Å². The van der Waals surface area contributed by atoms with Gasteiger partial charge in [0, 0.05) is 10.0 Å². The molecule has 0 saturated carbocycles. The predicted molar refractivity (Wildman–Crippen MR) is 93.2 cm³/mol. The van der Waals surface area contributed by atoms with E-state index in [1.807, 2.05) is 13.8 Å². The van der Waals surface area contributed by atoms with E-state index in [1.54, 1.807) is 18.2 Å². The Balaban J connectivity index is 2.14. The topological polar surface area (TPSA) is 85.0 Å². The van der Waals surface area contributed by atoms with Crippen LogP contribution in [0.25, 0.3) is 0 Å². The fraction of sp³-hybridized carbons (Fsp3) is 0.438. The van der Waals surface area contributed by atoms with Crippen molar-refractivity contribution in [1.29, 1.82) is 0 Å². The minimum absolute atomic E-state index is 0.00562. The first kappa shape index (κ1) is 18.5. The van der Waals surface area contributed by atoms with E-state index < -0.39 is 6.09 Å². The zero-order valence-corrected chi connectivity index (χ0v) is 15.0. The summed E-state index contributed by atoms with van der Waals surface area (Å²) >= 11 is 12.1. The lowest BCUT2D eigenvalue weighted by Crippen LogP contribution is -2.32. The Morgan fingerprint density at radius 2 is 1.96 bits per heavy atom. The summed E-state index contributed by atoms with van der Waals surface area (Å²) in [5.74, 6) is -0.411. The predicted octanol–water partition coefficient (Wildman–Crippen LogP) is 3.10. The highest BCUT2D eigenvalue weighted by atomic mass is 35.5. The summed E-state index contributed by atoms with van der Waals surface area (Å²) in [5.41, 5.74) is 6.58. The standard InChI is InChI=1S/C16H19Cl2N3O3/c1-9(2)14-13(7-10-5-11(17)8-12(18)6-10)15(22)21(20-14)3-4-24-16(19)23/h5-6,8-9,13H,3-4,7H2,1-2H3,(H2,19,23). The quantitative estimate of drug-likeness (QED) is 0.833. The van der Waals surface area contributed by atoms with Crippen molar-refractivity contribution in [3.8, 4) is 0 Å². The van der Waals surface area contributed by atoms with E-state index in [0.717, 1.165) is 11.3 Å². The van der Waals surface area contributed by atoms with E-state index in [4.69, 9.17) is 28.9 Å². The fourth-order valence-electron chi connectivity index (χ4n) is 2.63. The Bertz CT molecular complexity index is 656. The Morgan fingerprint density at radius 1 is 1.33 bits per heavy atom. The number of hydrogen-bond donors (Lipinski definition) is 1. The molecular weight excluding hydrogens is 353 g/mol. The maximum atomic E-state index is 12.6. The zero-order valence-electron chi connectivity index (χ0n) is 13.5. The average Bonchev–Trinajstić information content (AvgIpc) is 2.75. The summed E-state index contributed by atoms with van der Waals surface area (Å²) in [7, 11) is 0. The first-order valence-electron chi connectivity index (χ1n) is 7.55. The number of amides is 2. The number of halogens is 2. The van der Waals surface area contributed by atoms with Crippen LogP contribution in [0.1, 0.15) is 19.4 Å². The molecule has 0 aliphatic carbocycles. The van der Waals surface area contributed by atoms with Gasteiger partial charge in [-0.05, 0) is 36.1 Å². The van der Waals surface area contributed by atoms with E-state index in [-0.39, 0.29) is 30.9 Å². The van der Waals surface area contributed by atoms with Gasteiger partial charge in [0.05, 0.1) is 18.2 Å². The molecule has 2 amide bonds. The van der Waals surface area contributed by atoms with E-state index in [2.05, 4.69) is 9.84 Å². The number of nitrogens with two attached hydrogens (primary N) is 1. The molecule has 0 spiro atoms. The van der Waals surface area contributed by atoms with Crippen LogP contribution in [0.3, 0.4) is 0 Å². The van der Waals surface area contributed by atoms with Gasteiger partial charge in [0.2, 0.25) is 0 Å². The van der Waals surface area contributed by atoms with Gasteiger partial charge in [-0.25, -0.2) is 9.80 Å². The van der Waals surface area contributed by atoms with Crippen molar-refractivity contribution in [1.82, 2.24) is 5.01 Å². The van der Waals surface area contributed by atoms with Crippen LogP contribution >= 0.6 is 23.2 Å². The van der Waals surface area contributed by atoms with E-state index in [1.165, 1.54) is 5.01 Å². The molecule has 6 nitrogen and oxygen atoms in total. The molecule has 1 heterocycles. The molecule has 0 fully saturated rings. The Morgan fingerprint density at radius 3 is 2.50 bits per heavy atom. The third-order valence-corrected chi connectivity index (χ3v) is 4.08. The largest absolute Gasteiger partial charge is 0.448 e. The van der Waals surface area contributed by atoms with Crippen LogP contribution < -0.4 is 5.73 Å². The molecule has 130 valence electrons. The fourth-order valence-corrected chi connectivity index (χ4v) is 3.20. The first-order valence-corrected chi connectivity index (χ1v) is 8.30. The van der Waals surface area contributed by atoms with Crippen molar-refractivity contribution in [2.75, 3.05) is 13.2 Å². The number of nitrogens with zero attached hydrogens (tertiary/aromatic N) is 2. The Kier molecular flexibility index (Phi) is 6.07. The second kappa shape index (κ2) is 7.85. The average molecular weight is 372 g/mol. The van der Waals surface area contributed by atoms with Crippen molar-refractivity contribution in [2.45, 2.75) is 20.3 Å². The highest BCUT2D eigenvalue weighted by molar-refractivity contribution is 6.34. The zero-order chi connectivity index (χ0) is 17.9. The van der Waals surface area contributed by atoms with Gasteiger partial charge in [0.25, 0.3) is 5.91 Å². The van der Waals surface area contributed by atoms with Crippen LogP contribution in [0.15, 0.2) is 23.3 Å². The minimum atomic E-state index is -0.875. The van der Waals surface area contributed by atoms with Crippen LogP contribution in [0, 0.1) is 11.8 Å². The summed E-state index contributed by atoms with van der Waals surface area (Å²) < 4.78 is 4.67. The number of benzene rings is 1. The number of carbonyl (C=O) groups is 2. The summed E-state index contributed by atoms with van der Waals surface area (Å²) in [5, 5.41) is 6.77. The van der Waals surface area contributed by atoms with Gasteiger partial charge in [-0.15, -0.1) is 0 Å². The summed E-state index contributed by atoms with van der Waals surface area (Å²) in [6.07, 6.45) is -0.414. The highest BCUT2D eigenvalue weighted by Crippen LogP contribution is 2.27. The van der Waals surface area contributed by atoms with E-state index >= 15 is 0 Å². The lowest BCUT2D eigenvalue weighted by Gasteiger charge is -2.15. The van der Waals surface area contributed by atoms with Crippen molar-refractivity contribution in [3.63, 3.8) is 0 Å². The van der Waals surface area contributed by atoms with Crippen LogP contribution in [0.5, 0.6) is 0 Å². The smallest absolute Gasteiger partial charge is 0.404 e. The molecule has 2 rings (SSSR count). The molecule has 1 aliphatic rings. The molecular formula is C16H19Cl2N3O3. The third-order valence-electron chi connectivity index (χ3n) is 3.65. The second-order valence-electron chi connectivity index (χ2n) is 5.84. The van der Waals surface area contributed by atoms with Crippen LogP contribution in [0.2, 0.25) is 10.0 Å². The van der Waals surface area contributed by atoms with Gasteiger partial charge in [0.1, 0.15) is 6.61 Å². The second-order valence-corrected chi connectivity index (χ2v) is 6.72. The molecule has 1 aliphatic heterocycles. The normalized spacial score (nSPS) is 17.4. The SMILES string of the molecule is CC(C)C1=NN(CCOC(N)=O)C(=O)C1Cc1cc(Cl)cc(Cl)c1. The van der Waals surface area contributed by atoms with Gasteiger partial charge in [-0.2, -0.15) is 5.10 Å². The summed E-state index contributed by atoms with van der Waals surface area (Å²) in [4.78, 5) is 23.3. The van der Waals surface area contributed by atoms with Crippen molar-refractivity contribution < 1.29 is 14.3 Å². The minimum Gasteiger partial charge on any atom is -0.448 e. The van der Waals surface area contributed by atoms with Crippen LogP contribution in [-0.4, -0.2) is 35.9 Å². The molecule has 0 bridgehead atoms. The van der Waals surface area contributed by atoms with Crippen molar-refractivity contribution in [3.05, 3.63) is 33.8 Å². The summed E-state index contributed by atoms with van der Waals surface area (Å²) in [6.45, 7) is 4.14. The van der Waals surface area contributed by atoms with Gasteiger partial charge < -0.3 is 10.5 Å². The molecule has 2 N–H and O–H groups in total. The molecule has 8 heteroatoms. The highest BCUT2D eigenvalue weighted by Gasteiger charge is 2.37. The number of rotatable bonds is 6. The molecule has 0 saturated heterocycles. The van der Waals surface area contributed by atoms with Gasteiger partial charge in [0.15, 0.2) is 0 Å².